The maximum absolute atomic E-state index is 9.64. The quantitative estimate of drug-likeness (QED) is 0.131. The Kier molecular flexibility index (Phi) is 35.7. The summed E-state index contributed by atoms with van der Waals surface area (Å²) in [5, 5.41) is 78.4. The second-order valence-electron chi connectivity index (χ2n) is 5.60. The molecule has 0 unspecified atom stereocenters. The van der Waals surface area contributed by atoms with Crippen molar-refractivity contribution >= 4 is 47.8 Å². The predicted octanol–water partition coefficient (Wildman–Crippen LogP) is -1.29. The van der Waals surface area contributed by atoms with Gasteiger partial charge in [-0.2, -0.15) is 0 Å². The van der Waals surface area contributed by atoms with E-state index in [1.807, 2.05) is 0 Å². The highest BCUT2D eigenvalue weighted by molar-refractivity contribution is 5.76. The van der Waals surface area contributed by atoms with Crippen molar-refractivity contribution in [2.45, 2.75) is 51.4 Å². The van der Waals surface area contributed by atoms with Crippen LogP contribution in [-0.4, -0.2) is 112 Å². The standard InChI is InChI=1S/4C4H6O4.C2H6O2/c4*5-3(6)1-2-4(7)8;3-1-2-4/h4*1-2H2,(H,5,6)(H,7,8);3-4H,1-2H2. The fourth-order valence-electron chi connectivity index (χ4n) is 0.855. The van der Waals surface area contributed by atoms with Crippen molar-refractivity contribution in [1.29, 1.82) is 0 Å². The van der Waals surface area contributed by atoms with Gasteiger partial charge in [-0.25, -0.2) is 0 Å². The van der Waals surface area contributed by atoms with Gasteiger partial charge in [0.1, 0.15) is 0 Å². The molecule has 0 atom stereocenters. The van der Waals surface area contributed by atoms with E-state index >= 15 is 0 Å². The van der Waals surface area contributed by atoms with Crippen molar-refractivity contribution in [1.82, 2.24) is 0 Å². The number of hydrogen-bond acceptors (Lipinski definition) is 10. The first kappa shape index (κ1) is 41.9. The van der Waals surface area contributed by atoms with Crippen LogP contribution in [0.5, 0.6) is 0 Å². The van der Waals surface area contributed by atoms with E-state index in [1.165, 1.54) is 0 Å². The van der Waals surface area contributed by atoms with Crippen LogP contribution in [0.3, 0.4) is 0 Å². The molecule has 0 fully saturated rings. The third-order valence-electron chi connectivity index (χ3n) is 2.31. The second kappa shape index (κ2) is 30.7. The Hall–Kier alpha value is -4.32. The number of aliphatic hydroxyl groups is 2. The molecule has 18 nitrogen and oxygen atoms in total. The van der Waals surface area contributed by atoms with Gasteiger partial charge >= 0.3 is 47.8 Å². The zero-order valence-corrected chi connectivity index (χ0v) is 18.8. The average molecular weight is 534 g/mol. The molecule has 0 saturated carbocycles. The van der Waals surface area contributed by atoms with Gasteiger partial charge in [-0.05, 0) is 0 Å². The first-order valence-corrected chi connectivity index (χ1v) is 9.38. The summed E-state index contributed by atoms with van der Waals surface area (Å²) >= 11 is 0. The van der Waals surface area contributed by atoms with Crippen LogP contribution < -0.4 is 0 Å². The molecule has 36 heavy (non-hydrogen) atoms. The molecule has 0 amide bonds. The minimum Gasteiger partial charge on any atom is -0.481 e. The van der Waals surface area contributed by atoms with Crippen LogP contribution in [0, 0.1) is 0 Å². The molecule has 0 rings (SSSR count). The Labute approximate surface area is 202 Å². The van der Waals surface area contributed by atoms with E-state index in [-0.39, 0.29) is 64.6 Å². The van der Waals surface area contributed by atoms with Crippen molar-refractivity contribution < 1.29 is 89.4 Å². The second-order valence-corrected chi connectivity index (χ2v) is 5.60. The van der Waals surface area contributed by atoms with Crippen LogP contribution in [0.25, 0.3) is 0 Å². The van der Waals surface area contributed by atoms with Gasteiger partial charge in [0.2, 0.25) is 0 Å². The van der Waals surface area contributed by atoms with Crippen LogP contribution in [0.1, 0.15) is 51.4 Å². The normalized spacial score (nSPS) is 8.39. The molecule has 0 aliphatic heterocycles. The molecule has 0 aromatic carbocycles. The Morgan fingerprint density at radius 1 is 0.278 bits per heavy atom. The Bertz CT molecular complexity index is 514. The number of carboxylic acid groups (broad SMARTS) is 8. The Morgan fingerprint density at radius 3 is 0.389 bits per heavy atom. The van der Waals surface area contributed by atoms with Gasteiger partial charge in [0.15, 0.2) is 0 Å². The summed E-state index contributed by atoms with van der Waals surface area (Å²) in [6.45, 7) is -0.250. The van der Waals surface area contributed by atoms with E-state index in [0.29, 0.717) is 0 Å². The van der Waals surface area contributed by atoms with Gasteiger partial charge in [-0.3, -0.25) is 38.4 Å². The van der Waals surface area contributed by atoms with Crippen molar-refractivity contribution in [2.75, 3.05) is 13.2 Å². The summed E-state index contributed by atoms with van der Waals surface area (Å²) in [4.78, 5) is 77.1. The zero-order chi connectivity index (χ0) is 29.7. The van der Waals surface area contributed by atoms with Gasteiger partial charge in [-0.1, -0.05) is 0 Å². The van der Waals surface area contributed by atoms with Gasteiger partial charge in [0.05, 0.1) is 64.6 Å². The first-order chi connectivity index (χ1) is 16.4. The molecule has 0 aliphatic rings. The van der Waals surface area contributed by atoms with Crippen molar-refractivity contribution in [3.8, 4) is 0 Å². The Morgan fingerprint density at radius 2 is 0.361 bits per heavy atom. The summed E-state index contributed by atoms with van der Waals surface area (Å²) in [6.07, 6.45) is -2.37. The summed E-state index contributed by atoms with van der Waals surface area (Å²) in [7, 11) is 0. The van der Waals surface area contributed by atoms with Gasteiger partial charge in [0, 0.05) is 0 Å². The number of hydrogen-bond donors (Lipinski definition) is 10. The molecule has 18 heteroatoms. The lowest BCUT2D eigenvalue weighted by molar-refractivity contribution is -0.143. The van der Waals surface area contributed by atoms with Crippen molar-refractivity contribution in [3.05, 3.63) is 0 Å². The summed E-state index contributed by atoms with van der Waals surface area (Å²) < 4.78 is 0. The number of rotatable bonds is 13. The fraction of sp³-hybridized carbons (Fsp3) is 0.556. The molecule has 0 aromatic heterocycles. The molecule has 0 radical (unpaired) electrons. The molecule has 10 N–H and O–H groups in total. The number of carbonyl (C=O) groups is 8. The summed E-state index contributed by atoms with van der Waals surface area (Å²) in [5.74, 6) is -8.61. The maximum Gasteiger partial charge on any atom is 0.303 e. The molecular weight excluding hydrogens is 504 g/mol. The van der Waals surface area contributed by atoms with Crippen molar-refractivity contribution in [2.24, 2.45) is 0 Å². The van der Waals surface area contributed by atoms with E-state index in [4.69, 9.17) is 51.1 Å². The average Bonchev–Trinajstić information content (AvgIpc) is 2.75. The van der Waals surface area contributed by atoms with Crippen LogP contribution in [0.15, 0.2) is 0 Å². The highest BCUT2D eigenvalue weighted by Gasteiger charge is 2.02. The van der Waals surface area contributed by atoms with Crippen LogP contribution in [0.4, 0.5) is 0 Å². The summed E-state index contributed by atoms with van der Waals surface area (Å²) in [6, 6.07) is 0. The molecule has 0 spiro atoms. The van der Waals surface area contributed by atoms with Gasteiger partial charge in [0.25, 0.3) is 0 Å². The number of aliphatic hydroxyl groups excluding tert-OH is 2. The largest absolute Gasteiger partial charge is 0.481 e. The lowest BCUT2D eigenvalue weighted by atomic mass is 10.3. The fourth-order valence-corrected chi connectivity index (χ4v) is 0.855. The third-order valence-corrected chi connectivity index (χ3v) is 2.31. The Balaban J connectivity index is -0.000000113. The molecule has 0 heterocycles. The minimum atomic E-state index is -1.08. The number of aliphatic carboxylic acids is 8. The highest BCUT2D eigenvalue weighted by Crippen LogP contribution is 1.87. The molecule has 0 bridgehead atoms. The highest BCUT2D eigenvalue weighted by atomic mass is 16.4. The van der Waals surface area contributed by atoms with Gasteiger partial charge < -0.3 is 51.1 Å². The molecule has 0 saturated heterocycles. The van der Waals surface area contributed by atoms with Crippen LogP contribution in [-0.2, 0) is 38.4 Å². The summed E-state index contributed by atoms with van der Waals surface area (Å²) in [5.41, 5.74) is 0. The van der Waals surface area contributed by atoms with Crippen LogP contribution >= 0.6 is 0 Å². The van der Waals surface area contributed by atoms with E-state index in [1.54, 1.807) is 0 Å². The first-order valence-electron chi connectivity index (χ1n) is 9.38. The lowest BCUT2D eigenvalue weighted by Crippen LogP contribution is -2.00. The van der Waals surface area contributed by atoms with E-state index in [9.17, 15) is 38.4 Å². The SMILES string of the molecule is O=C(O)CCC(=O)O.O=C(O)CCC(=O)O.O=C(O)CCC(=O)O.O=C(O)CCC(=O)O.OCCO. The number of carboxylic acids is 8. The van der Waals surface area contributed by atoms with E-state index in [2.05, 4.69) is 0 Å². The monoisotopic (exact) mass is 534 g/mol. The van der Waals surface area contributed by atoms with Gasteiger partial charge in [-0.15, -0.1) is 0 Å². The zero-order valence-electron chi connectivity index (χ0n) is 18.8. The third kappa shape index (κ3) is 87.7. The minimum absolute atomic E-state index is 0.125. The molecule has 0 aromatic rings. The molecule has 210 valence electrons. The maximum atomic E-state index is 9.64. The predicted molar refractivity (Wildman–Crippen MR) is 112 cm³/mol. The van der Waals surface area contributed by atoms with E-state index in [0.717, 1.165) is 0 Å². The topological polar surface area (TPSA) is 339 Å². The molecular formula is C18H30O18. The van der Waals surface area contributed by atoms with Crippen LogP contribution in [0.2, 0.25) is 0 Å². The smallest absolute Gasteiger partial charge is 0.303 e. The van der Waals surface area contributed by atoms with E-state index < -0.39 is 47.8 Å². The molecule has 0 aliphatic carbocycles. The van der Waals surface area contributed by atoms with Crippen molar-refractivity contribution in [3.63, 3.8) is 0 Å². The lowest BCUT2D eigenvalue weighted by Gasteiger charge is -1.85.